The van der Waals surface area contributed by atoms with E-state index in [2.05, 4.69) is 41.1 Å². The van der Waals surface area contributed by atoms with Crippen LogP contribution in [0, 0.1) is 5.92 Å². The lowest BCUT2D eigenvalue weighted by Crippen LogP contribution is -2.50. The third-order valence-corrected chi connectivity index (χ3v) is 8.60. The van der Waals surface area contributed by atoms with Crippen LogP contribution in [0.1, 0.15) is 46.6 Å². The van der Waals surface area contributed by atoms with E-state index in [0.717, 1.165) is 48.9 Å². The van der Waals surface area contributed by atoms with Crippen LogP contribution in [0.4, 0.5) is 5.69 Å². The van der Waals surface area contributed by atoms with Crippen LogP contribution in [0.3, 0.4) is 0 Å². The first-order chi connectivity index (χ1) is 19.0. The number of methoxy groups -OCH3 is 1. The Morgan fingerprint density at radius 1 is 1.03 bits per heavy atom. The Hall–Kier alpha value is -3.36. The topological polar surface area (TPSA) is 65.1 Å². The Morgan fingerprint density at radius 2 is 1.77 bits per heavy atom. The van der Waals surface area contributed by atoms with Crippen molar-refractivity contribution >= 4 is 28.8 Å². The summed E-state index contributed by atoms with van der Waals surface area (Å²) >= 11 is 1.61. The van der Waals surface area contributed by atoms with E-state index in [-0.39, 0.29) is 17.9 Å². The summed E-state index contributed by atoms with van der Waals surface area (Å²) in [4.78, 5) is 35.2. The minimum atomic E-state index is -0.441. The molecule has 2 amide bonds. The van der Waals surface area contributed by atoms with Gasteiger partial charge in [-0.2, -0.15) is 0 Å². The molecule has 1 aromatic heterocycles. The van der Waals surface area contributed by atoms with Crippen molar-refractivity contribution in [2.75, 3.05) is 57.8 Å². The smallest absolute Gasteiger partial charge is 0.254 e. The molecule has 0 aliphatic carbocycles. The molecular formula is C31H38N4O3S. The van der Waals surface area contributed by atoms with Gasteiger partial charge in [0.25, 0.3) is 5.91 Å². The molecule has 0 bridgehead atoms. The zero-order valence-corrected chi connectivity index (χ0v) is 23.8. The van der Waals surface area contributed by atoms with Crippen molar-refractivity contribution in [3.05, 3.63) is 82.0 Å². The van der Waals surface area contributed by atoms with Gasteiger partial charge in [-0.05, 0) is 53.3 Å². The summed E-state index contributed by atoms with van der Waals surface area (Å²) in [5.41, 5.74) is 2.67. The minimum absolute atomic E-state index is 0.0106. The van der Waals surface area contributed by atoms with Crippen LogP contribution < -0.4 is 15.0 Å². The largest absolute Gasteiger partial charge is 0.497 e. The maximum atomic E-state index is 13.9. The highest BCUT2D eigenvalue weighted by molar-refractivity contribution is 7.10. The Morgan fingerprint density at radius 3 is 2.44 bits per heavy atom. The molecule has 0 spiro atoms. The SMILES string of the molecule is COc1ccc(N2CCN(CCNC(=O)C3c4ccccc4C(=O)N(CC(C)C)C3c3cccs3)CC2)cc1. The number of carbonyl (C=O) groups excluding carboxylic acids is 2. The molecular weight excluding hydrogens is 508 g/mol. The Labute approximate surface area is 235 Å². The van der Waals surface area contributed by atoms with Crippen LogP contribution in [0.2, 0.25) is 0 Å². The van der Waals surface area contributed by atoms with Crippen LogP contribution in [-0.4, -0.2) is 74.5 Å². The Kier molecular flexibility index (Phi) is 8.53. The molecule has 3 heterocycles. The quantitative estimate of drug-likeness (QED) is 0.424. The molecule has 0 saturated carbocycles. The summed E-state index contributed by atoms with van der Waals surface area (Å²) < 4.78 is 5.28. The van der Waals surface area contributed by atoms with E-state index >= 15 is 0 Å². The third-order valence-electron chi connectivity index (χ3n) is 7.65. The second-order valence-corrected chi connectivity index (χ2v) is 11.7. The van der Waals surface area contributed by atoms with Gasteiger partial charge in [-0.3, -0.25) is 14.5 Å². The number of rotatable bonds is 9. The van der Waals surface area contributed by atoms with Gasteiger partial charge >= 0.3 is 0 Å². The van der Waals surface area contributed by atoms with Crippen molar-refractivity contribution in [2.45, 2.75) is 25.8 Å². The average Bonchev–Trinajstić information content (AvgIpc) is 3.49. The molecule has 1 saturated heterocycles. The van der Waals surface area contributed by atoms with Crippen molar-refractivity contribution in [1.82, 2.24) is 15.1 Å². The fourth-order valence-corrected chi connectivity index (χ4v) is 6.59. The molecule has 2 atom stereocenters. The predicted molar refractivity (Wildman–Crippen MR) is 157 cm³/mol. The Balaban J connectivity index is 1.25. The number of fused-ring (bicyclic) bond motifs is 1. The molecule has 2 unspecified atom stereocenters. The number of amides is 2. The highest BCUT2D eigenvalue weighted by Gasteiger charge is 2.44. The number of ether oxygens (including phenoxy) is 1. The van der Waals surface area contributed by atoms with Crippen LogP contribution in [-0.2, 0) is 4.79 Å². The number of hydrogen-bond acceptors (Lipinski definition) is 6. The van der Waals surface area contributed by atoms with Crippen molar-refractivity contribution in [2.24, 2.45) is 5.92 Å². The van der Waals surface area contributed by atoms with Crippen LogP contribution >= 0.6 is 11.3 Å². The van der Waals surface area contributed by atoms with E-state index in [1.54, 1.807) is 18.4 Å². The molecule has 5 rings (SSSR count). The van der Waals surface area contributed by atoms with E-state index in [0.29, 0.717) is 24.6 Å². The third kappa shape index (κ3) is 5.97. The number of piperazine rings is 1. The molecule has 0 radical (unpaired) electrons. The van der Waals surface area contributed by atoms with Gasteiger partial charge in [0, 0.05) is 61.9 Å². The maximum Gasteiger partial charge on any atom is 0.254 e. The summed E-state index contributed by atoms with van der Waals surface area (Å²) in [7, 11) is 1.68. The number of anilines is 1. The predicted octanol–water partition coefficient (Wildman–Crippen LogP) is 4.63. The van der Waals surface area contributed by atoms with Gasteiger partial charge in [0.2, 0.25) is 5.91 Å². The minimum Gasteiger partial charge on any atom is -0.497 e. The molecule has 3 aromatic rings. The number of hydrogen-bond donors (Lipinski definition) is 1. The number of thiophene rings is 1. The summed E-state index contributed by atoms with van der Waals surface area (Å²) in [6.45, 7) is 10.0. The fourth-order valence-electron chi connectivity index (χ4n) is 5.72. The molecule has 7 nitrogen and oxygen atoms in total. The maximum absolute atomic E-state index is 13.9. The highest BCUT2D eigenvalue weighted by atomic mass is 32.1. The average molecular weight is 547 g/mol. The van der Waals surface area contributed by atoms with Gasteiger partial charge in [-0.25, -0.2) is 0 Å². The molecule has 2 aliphatic heterocycles. The second kappa shape index (κ2) is 12.2. The van der Waals surface area contributed by atoms with Crippen LogP contribution in [0.5, 0.6) is 5.75 Å². The monoisotopic (exact) mass is 546 g/mol. The second-order valence-electron chi connectivity index (χ2n) is 10.7. The van der Waals surface area contributed by atoms with E-state index in [4.69, 9.17) is 4.74 Å². The highest BCUT2D eigenvalue weighted by Crippen LogP contribution is 2.44. The molecule has 1 fully saturated rings. The summed E-state index contributed by atoms with van der Waals surface area (Å²) in [5.74, 6) is 0.715. The first kappa shape index (κ1) is 27.2. The molecule has 2 aromatic carbocycles. The van der Waals surface area contributed by atoms with E-state index < -0.39 is 5.92 Å². The van der Waals surface area contributed by atoms with Crippen LogP contribution in [0.25, 0.3) is 0 Å². The lowest BCUT2D eigenvalue weighted by Gasteiger charge is -2.42. The van der Waals surface area contributed by atoms with Gasteiger partial charge in [-0.1, -0.05) is 38.1 Å². The van der Waals surface area contributed by atoms with Crippen molar-refractivity contribution in [3.63, 3.8) is 0 Å². The standard InChI is InChI=1S/C31H38N4O3S/c1-22(2)21-35-29(27-9-6-20-39-27)28(25-7-4-5-8-26(25)31(35)37)30(36)32-14-15-33-16-18-34(19-17-33)23-10-12-24(38-3)13-11-23/h4-13,20,22,28-29H,14-19,21H2,1-3H3,(H,32,36). The Bertz CT molecular complexity index is 1250. The fraction of sp³-hybridized carbons (Fsp3) is 0.419. The van der Waals surface area contributed by atoms with E-state index in [1.165, 1.54) is 5.69 Å². The molecule has 206 valence electrons. The zero-order chi connectivity index (χ0) is 27.4. The van der Waals surface area contributed by atoms with Gasteiger partial charge in [0.1, 0.15) is 5.75 Å². The zero-order valence-electron chi connectivity index (χ0n) is 23.0. The van der Waals surface area contributed by atoms with Crippen LogP contribution in [0.15, 0.2) is 66.0 Å². The summed E-state index contributed by atoms with van der Waals surface area (Å²) in [6.07, 6.45) is 0. The first-order valence-electron chi connectivity index (χ1n) is 13.8. The van der Waals surface area contributed by atoms with Gasteiger partial charge in [-0.15, -0.1) is 11.3 Å². The first-order valence-corrected chi connectivity index (χ1v) is 14.7. The number of benzene rings is 2. The lowest BCUT2D eigenvalue weighted by atomic mass is 9.81. The number of carbonyl (C=O) groups is 2. The normalized spacial score (nSPS) is 19.7. The van der Waals surface area contributed by atoms with Gasteiger partial charge in [0.15, 0.2) is 0 Å². The van der Waals surface area contributed by atoms with Gasteiger partial charge < -0.3 is 19.9 Å². The molecule has 8 heteroatoms. The van der Waals surface area contributed by atoms with Crippen molar-refractivity contribution in [1.29, 1.82) is 0 Å². The molecule has 39 heavy (non-hydrogen) atoms. The summed E-state index contributed by atoms with van der Waals surface area (Å²) in [6, 6.07) is 19.6. The molecule has 1 N–H and O–H groups in total. The van der Waals surface area contributed by atoms with Crippen molar-refractivity contribution in [3.8, 4) is 5.75 Å². The van der Waals surface area contributed by atoms with E-state index in [1.807, 2.05) is 58.8 Å². The van der Waals surface area contributed by atoms with Crippen molar-refractivity contribution < 1.29 is 14.3 Å². The van der Waals surface area contributed by atoms with E-state index in [9.17, 15) is 9.59 Å². The number of nitrogens with zero attached hydrogens (tertiary/aromatic N) is 3. The lowest BCUT2D eigenvalue weighted by molar-refractivity contribution is -0.124. The number of nitrogens with one attached hydrogen (secondary N) is 1. The summed E-state index contributed by atoms with van der Waals surface area (Å²) in [5, 5.41) is 5.26. The van der Waals surface area contributed by atoms with Gasteiger partial charge in [0.05, 0.1) is 19.1 Å². The molecule has 2 aliphatic rings.